The number of aromatic nitrogens is 4. The maximum absolute atomic E-state index is 12.5. The standard InChI is InChI=1S/C24H25FN4O2S/c25-8-10-29-15-17(14-27-29)21-12-19(7-9-26-21)31-18-5-6-20-23(13-18)32-24(28-20)11-16-3-1-2-4-22(16)30/h5-7,9,12-16,22,30H,1-4,8,10-11H2/t16-,22+/m0/s1. The van der Waals surface area contributed by atoms with E-state index >= 15 is 0 Å². The molecule has 2 atom stereocenters. The minimum atomic E-state index is -0.458. The van der Waals surface area contributed by atoms with Gasteiger partial charge in [0, 0.05) is 36.5 Å². The van der Waals surface area contributed by atoms with Crippen LogP contribution in [-0.4, -0.2) is 37.6 Å². The molecule has 0 radical (unpaired) electrons. The van der Waals surface area contributed by atoms with Crippen LogP contribution in [0.15, 0.2) is 48.9 Å². The fraction of sp³-hybridized carbons (Fsp3) is 0.375. The number of alkyl halides is 1. The van der Waals surface area contributed by atoms with Crippen molar-refractivity contribution in [1.82, 2.24) is 19.7 Å². The predicted octanol–water partition coefficient (Wildman–Crippen LogP) is 5.41. The Morgan fingerprint density at radius 1 is 1.16 bits per heavy atom. The summed E-state index contributed by atoms with van der Waals surface area (Å²) in [5.41, 5.74) is 2.49. The number of pyridine rings is 1. The molecule has 0 spiro atoms. The lowest BCUT2D eigenvalue weighted by Gasteiger charge is -2.26. The fourth-order valence-corrected chi connectivity index (χ4v) is 5.32. The Hall–Kier alpha value is -2.84. The van der Waals surface area contributed by atoms with E-state index in [2.05, 4.69) is 10.1 Å². The Morgan fingerprint density at radius 2 is 2.03 bits per heavy atom. The second-order valence-corrected chi connectivity index (χ2v) is 9.33. The Balaban J connectivity index is 1.31. The number of halogens is 1. The van der Waals surface area contributed by atoms with Crippen LogP contribution in [0.3, 0.4) is 0 Å². The van der Waals surface area contributed by atoms with Crippen LogP contribution in [0.25, 0.3) is 21.5 Å². The molecule has 1 saturated carbocycles. The first-order valence-corrected chi connectivity index (χ1v) is 11.8. The van der Waals surface area contributed by atoms with Crippen molar-refractivity contribution in [3.63, 3.8) is 0 Å². The highest BCUT2D eigenvalue weighted by Crippen LogP contribution is 2.33. The van der Waals surface area contributed by atoms with E-state index in [-0.39, 0.29) is 12.6 Å². The van der Waals surface area contributed by atoms with E-state index in [1.165, 1.54) is 6.42 Å². The molecule has 5 rings (SSSR count). The van der Waals surface area contributed by atoms with Crippen molar-refractivity contribution >= 4 is 21.6 Å². The van der Waals surface area contributed by atoms with Gasteiger partial charge in [-0.1, -0.05) is 12.8 Å². The number of thiazole rings is 1. The number of aryl methyl sites for hydroxylation is 1. The molecule has 0 unspecified atom stereocenters. The van der Waals surface area contributed by atoms with Crippen LogP contribution in [0.5, 0.6) is 11.5 Å². The second kappa shape index (κ2) is 9.34. The quantitative estimate of drug-likeness (QED) is 0.406. The Morgan fingerprint density at radius 3 is 2.91 bits per heavy atom. The monoisotopic (exact) mass is 452 g/mol. The van der Waals surface area contributed by atoms with Crippen LogP contribution in [-0.2, 0) is 13.0 Å². The summed E-state index contributed by atoms with van der Waals surface area (Å²) in [5, 5.41) is 15.5. The molecule has 8 heteroatoms. The van der Waals surface area contributed by atoms with Crippen molar-refractivity contribution in [3.8, 4) is 22.8 Å². The molecule has 1 aromatic carbocycles. The zero-order valence-corrected chi connectivity index (χ0v) is 18.5. The highest BCUT2D eigenvalue weighted by atomic mass is 32.1. The van der Waals surface area contributed by atoms with Crippen LogP contribution in [0.1, 0.15) is 30.7 Å². The molecule has 0 bridgehead atoms. The summed E-state index contributed by atoms with van der Waals surface area (Å²) in [4.78, 5) is 9.15. The maximum Gasteiger partial charge on any atom is 0.131 e. The summed E-state index contributed by atoms with van der Waals surface area (Å²) in [6, 6.07) is 9.56. The molecule has 1 aliphatic carbocycles. The smallest absolute Gasteiger partial charge is 0.131 e. The normalized spacial score (nSPS) is 18.8. The molecular weight excluding hydrogens is 427 g/mol. The van der Waals surface area contributed by atoms with Crippen LogP contribution < -0.4 is 4.74 Å². The molecule has 166 valence electrons. The number of aliphatic hydroxyl groups is 1. The van der Waals surface area contributed by atoms with E-state index in [1.54, 1.807) is 34.6 Å². The average molecular weight is 453 g/mol. The molecule has 1 aliphatic rings. The Kier molecular flexibility index (Phi) is 6.14. The van der Waals surface area contributed by atoms with Gasteiger partial charge in [-0.05, 0) is 37.0 Å². The molecule has 4 aromatic rings. The van der Waals surface area contributed by atoms with Crippen molar-refractivity contribution < 1.29 is 14.2 Å². The van der Waals surface area contributed by atoms with E-state index < -0.39 is 6.67 Å². The highest BCUT2D eigenvalue weighted by Gasteiger charge is 2.24. The number of benzene rings is 1. The van der Waals surface area contributed by atoms with E-state index in [4.69, 9.17) is 9.72 Å². The Bertz CT molecular complexity index is 1210. The van der Waals surface area contributed by atoms with E-state index in [1.807, 2.05) is 30.3 Å². The second-order valence-electron chi connectivity index (χ2n) is 8.21. The van der Waals surface area contributed by atoms with Gasteiger partial charge in [0.25, 0.3) is 0 Å². The first-order valence-electron chi connectivity index (χ1n) is 11.0. The molecule has 1 N–H and O–H groups in total. The number of fused-ring (bicyclic) bond motifs is 1. The minimum Gasteiger partial charge on any atom is -0.457 e. The molecule has 3 heterocycles. The van der Waals surface area contributed by atoms with Gasteiger partial charge in [0.05, 0.1) is 39.8 Å². The molecule has 32 heavy (non-hydrogen) atoms. The summed E-state index contributed by atoms with van der Waals surface area (Å²) in [5.74, 6) is 1.71. The summed E-state index contributed by atoms with van der Waals surface area (Å²) in [6.07, 6.45) is 10.1. The highest BCUT2D eigenvalue weighted by molar-refractivity contribution is 7.18. The SMILES string of the molecule is O[C@@H]1CCCC[C@H]1Cc1nc2ccc(Oc3ccnc(-c4cnn(CCF)c4)c3)cc2s1. The molecule has 0 aliphatic heterocycles. The van der Waals surface area contributed by atoms with Gasteiger partial charge in [-0.15, -0.1) is 11.3 Å². The minimum absolute atomic E-state index is 0.209. The van der Waals surface area contributed by atoms with Gasteiger partial charge >= 0.3 is 0 Å². The number of nitrogens with zero attached hydrogens (tertiary/aromatic N) is 4. The van der Waals surface area contributed by atoms with Crippen molar-refractivity contribution in [1.29, 1.82) is 0 Å². The van der Waals surface area contributed by atoms with Crippen molar-refractivity contribution in [2.24, 2.45) is 5.92 Å². The zero-order chi connectivity index (χ0) is 21.9. The summed E-state index contributed by atoms with van der Waals surface area (Å²) in [6.45, 7) is -0.229. The van der Waals surface area contributed by atoms with Gasteiger partial charge in [-0.25, -0.2) is 9.37 Å². The Labute approximate surface area is 189 Å². The first-order chi connectivity index (χ1) is 15.7. The molecule has 1 fully saturated rings. The van der Waals surface area contributed by atoms with Crippen molar-refractivity contribution in [2.45, 2.75) is 44.8 Å². The van der Waals surface area contributed by atoms with E-state index in [0.717, 1.165) is 57.9 Å². The number of hydrogen-bond acceptors (Lipinski definition) is 6. The largest absolute Gasteiger partial charge is 0.457 e. The molecular formula is C24H25FN4O2S. The van der Waals surface area contributed by atoms with Crippen LogP contribution in [0.2, 0.25) is 0 Å². The average Bonchev–Trinajstić information content (AvgIpc) is 3.42. The molecule has 3 aromatic heterocycles. The number of aliphatic hydroxyl groups excluding tert-OH is 1. The third kappa shape index (κ3) is 4.66. The van der Waals surface area contributed by atoms with Crippen molar-refractivity contribution in [2.75, 3.05) is 6.67 Å². The first kappa shape index (κ1) is 21.0. The molecule has 0 amide bonds. The van der Waals surface area contributed by atoms with Crippen molar-refractivity contribution in [3.05, 3.63) is 53.9 Å². The summed E-state index contributed by atoms with van der Waals surface area (Å²) < 4.78 is 21.3. The predicted molar refractivity (Wildman–Crippen MR) is 123 cm³/mol. The third-order valence-corrected chi connectivity index (χ3v) is 6.96. The maximum atomic E-state index is 12.5. The van der Waals surface area contributed by atoms with Gasteiger partial charge in [0.2, 0.25) is 0 Å². The fourth-order valence-electron chi connectivity index (χ4n) is 4.23. The number of ether oxygens (including phenoxy) is 1. The molecule has 0 saturated heterocycles. The summed E-state index contributed by atoms with van der Waals surface area (Å²) >= 11 is 1.67. The number of rotatable bonds is 7. The van der Waals surface area contributed by atoms with Crippen LogP contribution in [0, 0.1) is 5.92 Å². The van der Waals surface area contributed by atoms with Gasteiger partial charge < -0.3 is 9.84 Å². The van der Waals surface area contributed by atoms with Gasteiger partial charge in [-0.3, -0.25) is 9.67 Å². The van der Waals surface area contributed by atoms with Gasteiger partial charge in [0.1, 0.15) is 18.2 Å². The summed E-state index contributed by atoms with van der Waals surface area (Å²) in [7, 11) is 0. The van der Waals surface area contributed by atoms with E-state index in [9.17, 15) is 9.50 Å². The van der Waals surface area contributed by atoms with Crippen LogP contribution in [0.4, 0.5) is 4.39 Å². The number of hydrogen-bond donors (Lipinski definition) is 1. The third-order valence-electron chi connectivity index (χ3n) is 5.92. The molecule has 6 nitrogen and oxygen atoms in total. The van der Waals surface area contributed by atoms with Gasteiger partial charge in [0.15, 0.2) is 0 Å². The zero-order valence-electron chi connectivity index (χ0n) is 17.7. The lowest BCUT2D eigenvalue weighted by atomic mass is 9.84. The van der Waals surface area contributed by atoms with E-state index in [0.29, 0.717) is 11.7 Å². The van der Waals surface area contributed by atoms with Gasteiger partial charge in [-0.2, -0.15) is 5.10 Å². The topological polar surface area (TPSA) is 73.1 Å². The van der Waals surface area contributed by atoms with Crippen LogP contribution >= 0.6 is 11.3 Å². The lowest BCUT2D eigenvalue weighted by molar-refractivity contribution is 0.0700. The lowest BCUT2D eigenvalue weighted by Crippen LogP contribution is -2.26.